The summed E-state index contributed by atoms with van der Waals surface area (Å²) in [5.41, 5.74) is 0. The number of piperidine rings is 1. The molecule has 1 heterocycles. The maximum Gasteiger partial charge on any atom is 0.240 e. The van der Waals surface area contributed by atoms with Crippen LogP contribution >= 0.6 is 0 Å². The van der Waals surface area contributed by atoms with Gasteiger partial charge in [0.15, 0.2) is 0 Å². The lowest BCUT2D eigenvalue weighted by atomic mass is 10.00. The van der Waals surface area contributed by atoms with E-state index in [1.54, 1.807) is 24.3 Å². The van der Waals surface area contributed by atoms with Crippen LogP contribution in [0.3, 0.4) is 0 Å². The summed E-state index contributed by atoms with van der Waals surface area (Å²) < 4.78 is 26.9. The summed E-state index contributed by atoms with van der Waals surface area (Å²) in [6.45, 7) is 4.88. The van der Waals surface area contributed by atoms with Crippen molar-refractivity contribution in [3.63, 3.8) is 0 Å². The van der Waals surface area contributed by atoms with Crippen LogP contribution in [0.15, 0.2) is 35.2 Å². The SMILES string of the molecule is CCC1CCCCN1CCCNS(=O)(=O)c1ccccc1. The van der Waals surface area contributed by atoms with E-state index in [9.17, 15) is 8.42 Å². The van der Waals surface area contributed by atoms with Gasteiger partial charge in [0.25, 0.3) is 0 Å². The van der Waals surface area contributed by atoms with Gasteiger partial charge in [-0.15, -0.1) is 0 Å². The molecule has 4 nitrogen and oxygen atoms in total. The number of benzene rings is 1. The van der Waals surface area contributed by atoms with E-state index in [1.807, 2.05) is 6.07 Å². The van der Waals surface area contributed by atoms with Crippen molar-refractivity contribution in [3.05, 3.63) is 30.3 Å². The largest absolute Gasteiger partial charge is 0.300 e. The molecular weight excluding hydrogens is 284 g/mol. The van der Waals surface area contributed by atoms with E-state index in [1.165, 1.54) is 25.7 Å². The third-order valence-electron chi connectivity index (χ3n) is 4.19. The monoisotopic (exact) mass is 310 g/mol. The van der Waals surface area contributed by atoms with Gasteiger partial charge < -0.3 is 4.90 Å². The molecule has 0 spiro atoms. The predicted octanol–water partition coefficient (Wildman–Crippen LogP) is 2.62. The van der Waals surface area contributed by atoms with Gasteiger partial charge in [0.05, 0.1) is 4.90 Å². The summed E-state index contributed by atoms with van der Waals surface area (Å²) >= 11 is 0. The minimum absolute atomic E-state index is 0.342. The van der Waals surface area contributed by atoms with Crippen molar-refractivity contribution in [1.29, 1.82) is 0 Å². The summed E-state index contributed by atoms with van der Waals surface area (Å²) in [4.78, 5) is 2.86. The molecule has 1 aliphatic rings. The lowest BCUT2D eigenvalue weighted by Crippen LogP contribution is -2.40. The first kappa shape index (κ1) is 16.5. The Kier molecular flexibility index (Phi) is 6.21. The quantitative estimate of drug-likeness (QED) is 0.788. The molecule has 0 radical (unpaired) electrons. The zero-order valence-corrected chi connectivity index (χ0v) is 13.6. The molecule has 21 heavy (non-hydrogen) atoms. The normalized spacial score (nSPS) is 20.5. The molecule has 0 aromatic heterocycles. The maximum absolute atomic E-state index is 12.1. The molecule has 1 aliphatic heterocycles. The van der Waals surface area contributed by atoms with Crippen LogP contribution in [0.4, 0.5) is 0 Å². The molecule has 0 aliphatic carbocycles. The van der Waals surface area contributed by atoms with E-state index in [4.69, 9.17) is 0 Å². The maximum atomic E-state index is 12.1. The number of likely N-dealkylation sites (tertiary alicyclic amines) is 1. The summed E-state index contributed by atoms with van der Waals surface area (Å²) in [6.07, 6.45) is 5.94. The third kappa shape index (κ3) is 4.80. The molecule has 1 unspecified atom stereocenters. The average molecular weight is 310 g/mol. The van der Waals surface area contributed by atoms with Crippen molar-refractivity contribution >= 4 is 10.0 Å². The lowest BCUT2D eigenvalue weighted by molar-refractivity contribution is 0.143. The van der Waals surface area contributed by atoms with Gasteiger partial charge in [-0.3, -0.25) is 0 Å². The van der Waals surface area contributed by atoms with Crippen molar-refractivity contribution in [2.75, 3.05) is 19.6 Å². The Bertz CT molecular complexity index is 516. The van der Waals surface area contributed by atoms with Gasteiger partial charge in [0.2, 0.25) is 10.0 Å². The van der Waals surface area contributed by atoms with E-state index < -0.39 is 10.0 Å². The first-order valence-corrected chi connectivity index (χ1v) is 9.40. The Morgan fingerprint density at radius 3 is 2.71 bits per heavy atom. The van der Waals surface area contributed by atoms with E-state index in [0.717, 1.165) is 19.5 Å². The number of hydrogen-bond acceptors (Lipinski definition) is 3. The number of hydrogen-bond donors (Lipinski definition) is 1. The Morgan fingerprint density at radius 1 is 1.24 bits per heavy atom. The van der Waals surface area contributed by atoms with E-state index in [-0.39, 0.29) is 0 Å². The fourth-order valence-corrected chi connectivity index (χ4v) is 4.08. The fraction of sp³-hybridized carbons (Fsp3) is 0.625. The highest BCUT2D eigenvalue weighted by molar-refractivity contribution is 7.89. The second kappa shape index (κ2) is 7.92. The van der Waals surface area contributed by atoms with Crippen molar-refractivity contribution in [1.82, 2.24) is 9.62 Å². The van der Waals surface area contributed by atoms with Gasteiger partial charge in [0, 0.05) is 12.6 Å². The third-order valence-corrected chi connectivity index (χ3v) is 5.66. The van der Waals surface area contributed by atoms with Crippen LogP contribution in [0.5, 0.6) is 0 Å². The molecule has 1 aromatic carbocycles. The van der Waals surface area contributed by atoms with E-state index in [2.05, 4.69) is 16.5 Å². The zero-order chi connectivity index (χ0) is 15.1. The molecule has 0 bridgehead atoms. The minimum atomic E-state index is -3.35. The molecule has 118 valence electrons. The standard InChI is InChI=1S/C16H26N2O2S/c1-2-15-9-6-7-13-18(15)14-8-12-17-21(19,20)16-10-4-3-5-11-16/h3-5,10-11,15,17H,2,6-9,12-14H2,1H3. The topological polar surface area (TPSA) is 49.4 Å². The van der Waals surface area contributed by atoms with Gasteiger partial charge >= 0.3 is 0 Å². The molecule has 1 saturated heterocycles. The molecule has 0 amide bonds. The number of nitrogens with one attached hydrogen (secondary N) is 1. The number of rotatable bonds is 7. The highest BCUT2D eigenvalue weighted by atomic mass is 32.2. The van der Waals surface area contributed by atoms with Crippen molar-refractivity contribution in [2.45, 2.75) is 50.0 Å². The molecule has 1 atom stereocenters. The predicted molar refractivity (Wildman–Crippen MR) is 85.8 cm³/mol. The molecule has 5 heteroatoms. The Labute approximate surface area is 128 Å². The van der Waals surface area contributed by atoms with E-state index in [0.29, 0.717) is 17.5 Å². The molecule has 1 fully saturated rings. The second-order valence-electron chi connectivity index (χ2n) is 5.66. The highest BCUT2D eigenvalue weighted by Crippen LogP contribution is 2.19. The molecular formula is C16H26N2O2S. The van der Waals surface area contributed by atoms with Gasteiger partial charge in [-0.25, -0.2) is 13.1 Å². The van der Waals surface area contributed by atoms with Crippen LogP contribution in [-0.4, -0.2) is 39.0 Å². The summed E-state index contributed by atoms with van der Waals surface area (Å²) in [7, 11) is -3.35. The van der Waals surface area contributed by atoms with Crippen LogP contribution < -0.4 is 4.72 Å². The molecule has 1 aromatic rings. The van der Waals surface area contributed by atoms with Crippen LogP contribution in [-0.2, 0) is 10.0 Å². The van der Waals surface area contributed by atoms with Gasteiger partial charge in [0.1, 0.15) is 0 Å². The van der Waals surface area contributed by atoms with Crippen LogP contribution in [0, 0.1) is 0 Å². The van der Waals surface area contributed by atoms with Crippen LogP contribution in [0.1, 0.15) is 39.0 Å². The van der Waals surface area contributed by atoms with Crippen LogP contribution in [0.2, 0.25) is 0 Å². The second-order valence-corrected chi connectivity index (χ2v) is 7.43. The molecule has 2 rings (SSSR count). The van der Waals surface area contributed by atoms with Crippen molar-refractivity contribution in [2.24, 2.45) is 0 Å². The Balaban J connectivity index is 1.76. The van der Waals surface area contributed by atoms with Gasteiger partial charge in [-0.05, 0) is 50.9 Å². The number of nitrogens with zero attached hydrogens (tertiary/aromatic N) is 1. The fourth-order valence-electron chi connectivity index (χ4n) is 2.99. The van der Waals surface area contributed by atoms with E-state index >= 15 is 0 Å². The number of sulfonamides is 1. The minimum Gasteiger partial charge on any atom is -0.300 e. The van der Waals surface area contributed by atoms with Gasteiger partial charge in [-0.2, -0.15) is 0 Å². The summed E-state index contributed by atoms with van der Waals surface area (Å²) in [5.74, 6) is 0. The Hall–Kier alpha value is -0.910. The van der Waals surface area contributed by atoms with Gasteiger partial charge in [-0.1, -0.05) is 31.5 Å². The van der Waals surface area contributed by atoms with Crippen molar-refractivity contribution < 1.29 is 8.42 Å². The smallest absolute Gasteiger partial charge is 0.240 e. The van der Waals surface area contributed by atoms with Crippen LogP contribution in [0.25, 0.3) is 0 Å². The highest BCUT2D eigenvalue weighted by Gasteiger charge is 2.20. The average Bonchev–Trinajstić information content (AvgIpc) is 2.53. The molecule has 0 saturated carbocycles. The lowest BCUT2D eigenvalue weighted by Gasteiger charge is -2.35. The first-order chi connectivity index (χ1) is 10.1. The summed E-state index contributed by atoms with van der Waals surface area (Å²) in [5, 5.41) is 0. The summed E-state index contributed by atoms with van der Waals surface area (Å²) in [6, 6.07) is 9.24. The Morgan fingerprint density at radius 2 is 2.00 bits per heavy atom. The first-order valence-electron chi connectivity index (χ1n) is 7.92. The molecule has 1 N–H and O–H groups in total. The van der Waals surface area contributed by atoms with Crippen molar-refractivity contribution in [3.8, 4) is 0 Å². The zero-order valence-electron chi connectivity index (χ0n) is 12.8.